The second-order valence-electron chi connectivity index (χ2n) is 10.9. The van der Waals surface area contributed by atoms with Gasteiger partial charge in [-0.1, -0.05) is 0 Å². The number of rotatable bonds is 4. The van der Waals surface area contributed by atoms with Crippen LogP contribution in [-0.4, -0.2) is 44.9 Å². The molecule has 6 rings (SSSR count). The van der Waals surface area contributed by atoms with E-state index in [1.54, 1.807) is 41.6 Å². The van der Waals surface area contributed by atoms with Crippen molar-refractivity contribution >= 4 is 46.5 Å². The van der Waals surface area contributed by atoms with Gasteiger partial charge in [-0.05, 0) is 91.8 Å². The number of benzene rings is 2. The zero-order valence-corrected chi connectivity index (χ0v) is 23.7. The molecule has 11 heteroatoms. The average molecular weight is 574 g/mol. The minimum absolute atomic E-state index is 0.0639. The molecular weight excluding hydrogens is 542 g/mol. The summed E-state index contributed by atoms with van der Waals surface area (Å²) in [6.07, 6.45) is 7.86. The van der Waals surface area contributed by atoms with Crippen LogP contribution in [0.4, 0.5) is 39.3 Å². The molecule has 2 aromatic carbocycles. The highest BCUT2D eigenvalue weighted by molar-refractivity contribution is 5.92. The number of nitrogens with zero attached hydrogens (tertiary/aromatic N) is 5. The first-order valence-electron chi connectivity index (χ1n) is 14.2. The molecule has 0 radical (unpaired) electrons. The van der Waals surface area contributed by atoms with Crippen LogP contribution in [0.15, 0.2) is 67.1 Å². The Balaban J connectivity index is 1.12. The van der Waals surface area contributed by atoms with Crippen LogP contribution in [0.2, 0.25) is 0 Å². The molecule has 216 valence electrons. The fraction of sp³-hybridized carbons (Fsp3) is 0.250. The van der Waals surface area contributed by atoms with Crippen LogP contribution in [0.3, 0.4) is 0 Å². The average Bonchev–Trinajstić information content (AvgIpc) is 3.47. The summed E-state index contributed by atoms with van der Waals surface area (Å²) in [5.41, 5.74) is 6.56. The van der Waals surface area contributed by atoms with Crippen molar-refractivity contribution < 1.29 is 9.59 Å². The fourth-order valence-electron chi connectivity index (χ4n) is 5.34. The molecule has 2 aliphatic rings. The fourth-order valence-corrected chi connectivity index (χ4v) is 5.34. The van der Waals surface area contributed by atoms with E-state index in [0.29, 0.717) is 48.9 Å². The van der Waals surface area contributed by atoms with Gasteiger partial charge in [0.05, 0.1) is 23.5 Å². The van der Waals surface area contributed by atoms with Gasteiger partial charge in [0, 0.05) is 54.5 Å². The van der Waals surface area contributed by atoms with Crippen molar-refractivity contribution in [1.29, 1.82) is 5.26 Å². The summed E-state index contributed by atoms with van der Waals surface area (Å²) in [5, 5.41) is 21.6. The van der Waals surface area contributed by atoms with Gasteiger partial charge >= 0.3 is 6.03 Å². The first kappa shape index (κ1) is 27.7. The highest BCUT2D eigenvalue weighted by Crippen LogP contribution is 2.28. The summed E-state index contributed by atoms with van der Waals surface area (Å²) in [6, 6.07) is 16.5. The molecule has 1 fully saturated rings. The highest BCUT2D eigenvalue weighted by atomic mass is 16.2. The molecule has 2 aromatic heterocycles. The third-order valence-electron chi connectivity index (χ3n) is 7.66. The minimum Gasteiger partial charge on any atom is -0.340 e. The molecule has 0 saturated carbocycles. The molecule has 11 nitrogen and oxygen atoms in total. The highest BCUT2D eigenvalue weighted by Gasteiger charge is 2.28. The van der Waals surface area contributed by atoms with E-state index in [9.17, 15) is 9.59 Å². The molecule has 2 aliphatic heterocycles. The summed E-state index contributed by atoms with van der Waals surface area (Å²) in [6.45, 7) is 3.03. The number of hydrogen-bond donors (Lipinski definition) is 4. The third-order valence-corrected chi connectivity index (χ3v) is 7.66. The maximum absolute atomic E-state index is 13.2. The topological polar surface area (TPSA) is 148 Å². The number of nitriles is 1. The number of hydrogen-bond acceptors (Lipinski definition) is 8. The van der Waals surface area contributed by atoms with E-state index in [2.05, 4.69) is 42.3 Å². The summed E-state index contributed by atoms with van der Waals surface area (Å²) in [4.78, 5) is 41.1. The predicted octanol–water partition coefficient (Wildman–Crippen LogP) is 5.52. The maximum atomic E-state index is 13.2. The van der Waals surface area contributed by atoms with Gasteiger partial charge in [-0.15, -0.1) is 0 Å². The van der Waals surface area contributed by atoms with Crippen molar-refractivity contribution in [3.8, 4) is 6.07 Å². The van der Waals surface area contributed by atoms with Crippen LogP contribution in [0, 0.1) is 24.2 Å². The van der Waals surface area contributed by atoms with Gasteiger partial charge in [0.2, 0.25) is 11.9 Å². The predicted molar refractivity (Wildman–Crippen MR) is 165 cm³/mol. The number of carbonyl (C=O) groups is 2. The van der Waals surface area contributed by atoms with Crippen molar-refractivity contribution in [2.45, 2.75) is 32.6 Å². The number of nitrogens with one attached hydrogen (secondary N) is 4. The molecule has 4 N–H and O–H groups in total. The molecule has 0 aliphatic carbocycles. The van der Waals surface area contributed by atoms with Crippen molar-refractivity contribution in [2.24, 2.45) is 5.92 Å². The van der Waals surface area contributed by atoms with Gasteiger partial charge < -0.3 is 26.2 Å². The molecule has 1 atom stereocenters. The third kappa shape index (κ3) is 6.70. The summed E-state index contributed by atoms with van der Waals surface area (Å²) < 4.78 is 0. The van der Waals surface area contributed by atoms with E-state index in [-0.39, 0.29) is 17.9 Å². The Bertz CT molecular complexity index is 1720. The number of urea groups is 1. The number of aromatic nitrogens is 3. The standard InChI is InChI=1S/C32H31N9O2/c1-20-16-35-31-37-27-12-22(17-34-18-27)2-5-24-14-26(36-30(20)40-31)8-9-28(24)39-29(42)13-23-10-11-41(19-23)32(43)38-25-6-3-21(15-33)4-7-25/h3-4,6-9,12,14,16-18,23H,2,5,10-11,13,19H2,1H3,(H,38,43)(H,39,42)(H2,35,36,37,40)/t23-/m0/s1. The Morgan fingerprint density at radius 3 is 2.72 bits per heavy atom. The lowest BCUT2D eigenvalue weighted by Crippen LogP contribution is -2.33. The van der Waals surface area contributed by atoms with Crippen molar-refractivity contribution in [3.05, 3.63) is 89.4 Å². The number of pyridine rings is 1. The normalized spacial score (nSPS) is 15.4. The SMILES string of the molecule is Cc1cnc2nc1Nc1ccc(NC(=O)C[C@@H]3CCN(C(=O)Nc4ccc(C#N)cc4)C3)c(c1)CCc1cncc(c1)N2. The first-order valence-corrected chi connectivity index (χ1v) is 14.2. The summed E-state index contributed by atoms with van der Waals surface area (Å²) in [5.74, 6) is 1.16. The van der Waals surface area contributed by atoms with E-state index in [4.69, 9.17) is 5.26 Å². The second kappa shape index (κ2) is 12.2. The lowest BCUT2D eigenvalue weighted by molar-refractivity contribution is -0.117. The van der Waals surface area contributed by atoms with E-state index in [1.807, 2.05) is 37.4 Å². The van der Waals surface area contributed by atoms with Gasteiger partial charge in [-0.3, -0.25) is 9.78 Å². The second-order valence-corrected chi connectivity index (χ2v) is 10.9. The van der Waals surface area contributed by atoms with E-state index in [0.717, 1.165) is 46.6 Å². The van der Waals surface area contributed by atoms with Crippen molar-refractivity contribution in [2.75, 3.05) is 34.4 Å². The van der Waals surface area contributed by atoms with Gasteiger partial charge in [-0.25, -0.2) is 9.78 Å². The Labute approximate surface area is 249 Å². The Hall–Kier alpha value is -5.50. The molecule has 3 amide bonds. The number of anilines is 6. The molecule has 4 aromatic rings. The van der Waals surface area contributed by atoms with Crippen LogP contribution in [0.1, 0.15) is 35.1 Å². The Morgan fingerprint density at radius 2 is 1.88 bits per heavy atom. The van der Waals surface area contributed by atoms with Crippen molar-refractivity contribution in [3.63, 3.8) is 0 Å². The monoisotopic (exact) mass is 573 g/mol. The van der Waals surface area contributed by atoms with Crippen LogP contribution in [-0.2, 0) is 17.6 Å². The number of amides is 3. The largest absolute Gasteiger partial charge is 0.340 e. The number of carbonyl (C=O) groups excluding carboxylic acids is 2. The van der Waals surface area contributed by atoms with Gasteiger partial charge in [0.25, 0.3) is 0 Å². The van der Waals surface area contributed by atoms with Crippen LogP contribution in [0.25, 0.3) is 0 Å². The summed E-state index contributed by atoms with van der Waals surface area (Å²) >= 11 is 0. The molecule has 43 heavy (non-hydrogen) atoms. The lowest BCUT2D eigenvalue weighted by Gasteiger charge is -2.18. The molecular formula is C32H31N9O2. The molecule has 6 bridgehead atoms. The van der Waals surface area contributed by atoms with E-state index < -0.39 is 0 Å². The number of aryl methyl sites for hydroxylation is 3. The Kier molecular flexibility index (Phi) is 7.82. The molecule has 4 heterocycles. The van der Waals surface area contributed by atoms with Crippen LogP contribution in [0.5, 0.6) is 0 Å². The van der Waals surface area contributed by atoms with Gasteiger partial charge in [0.1, 0.15) is 5.82 Å². The molecule has 1 saturated heterocycles. The lowest BCUT2D eigenvalue weighted by atomic mass is 10.0. The zero-order chi connectivity index (χ0) is 29.8. The van der Waals surface area contributed by atoms with Gasteiger partial charge in [0.15, 0.2) is 0 Å². The van der Waals surface area contributed by atoms with Gasteiger partial charge in [-0.2, -0.15) is 10.2 Å². The number of likely N-dealkylation sites (tertiary alicyclic amines) is 1. The van der Waals surface area contributed by atoms with Crippen LogP contribution >= 0.6 is 0 Å². The molecule has 0 unspecified atom stereocenters. The molecule has 0 spiro atoms. The van der Waals surface area contributed by atoms with E-state index >= 15 is 0 Å². The van der Waals surface area contributed by atoms with E-state index in [1.165, 1.54) is 0 Å². The van der Waals surface area contributed by atoms with Crippen molar-refractivity contribution in [1.82, 2.24) is 19.9 Å². The first-order chi connectivity index (χ1) is 20.9. The smallest absolute Gasteiger partial charge is 0.321 e. The maximum Gasteiger partial charge on any atom is 0.321 e. The van der Waals surface area contributed by atoms with Crippen LogP contribution < -0.4 is 21.3 Å². The summed E-state index contributed by atoms with van der Waals surface area (Å²) in [7, 11) is 0. The zero-order valence-electron chi connectivity index (χ0n) is 23.7. The quantitative estimate of drug-likeness (QED) is 0.249. The Morgan fingerprint density at radius 1 is 1.02 bits per heavy atom. The number of fused-ring (bicyclic) bond motifs is 6. The minimum atomic E-state index is -0.207.